The van der Waals surface area contributed by atoms with E-state index in [2.05, 4.69) is 83.5 Å². The number of piperazine rings is 1. The standard InChI is InChI=1S/C33H43N5O2/c1-2-34-24-33(23-26-9-4-3-5-10-26)15-8-18-38(25-33)31(39)30(36-32(40)37-19-16-35-17-20-37)22-27-13-14-28-11-6-7-12-29(28)21-27/h3-7,9-14,21,30,34-35H,2,8,15-20,22-25H2,1H3,(H,36,40)/t30?,33-/m1/s1. The zero-order valence-corrected chi connectivity index (χ0v) is 23.7. The van der Waals surface area contributed by atoms with E-state index in [0.717, 1.165) is 62.9 Å². The number of hydrogen-bond donors (Lipinski definition) is 3. The fraction of sp³-hybridized carbons (Fsp3) is 0.455. The van der Waals surface area contributed by atoms with Gasteiger partial charge in [-0.1, -0.05) is 79.7 Å². The number of fused-ring (bicyclic) bond motifs is 1. The summed E-state index contributed by atoms with van der Waals surface area (Å²) in [6, 6.07) is 24.4. The molecular weight excluding hydrogens is 498 g/mol. The predicted octanol–water partition coefficient (Wildman–Crippen LogP) is 3.83. The molecule has 2 aliphatic rings. The van der Waals surface area contributed by atoms with Gasteiger partial charge in [0.2, 0.25) is 5.91 Å². The molecule has 0 aliphatic carbocycles. The molecule has 0 saturated carbocycles. The van der Waals surface area contributed by atoms with Gasteiger partial charge in [-0.05, 0) is 47.7 Å². The maximum Gasteiger partial charge on any atom is 0.318 e. The average Bonchev–Trinajstić information content (AvgIpc) is 3.00. The van der Waals surface area contributed by atoms with Crippen LogP contribution in [0.1, 0.15) is 30.9 Å². The summed E-state index contributed by atoms with van der Waals surface area (Å²) < 4.78 is 0. The van der Waals surface area contributed by atoms with Gasteiger partial charge in [0, 0.05) is 57.6 Å². The van der Waals surface area contributed by atoms with E-state index in [1.807, 2.05) is 21.9 Å². The van der Waals surface area contributed by atoms with Crippen LogP contribution >= 0.6 is 0 Å². The first-order valence-corrected chi connectivity index (χ1v) is 14.8. The maximum absolute atomic E-state index is 14.3. The minimum Gasteiger partial charge on any atom is -0.340 e. The van der Waals surface area contributed by atoms with E-state index in [-0.39, 0.29) is 17.4 Å². The molecule has 40 heavy (non-hydrogen) atoms. The van der Waals surface area contributed by atoms with E-state index < -0.39 is 6.04 Å². The van der Waals surface area contributed by atoms with E-state index in [4.69, 9.17) is 0 Å². The van der Waals surface area contributed by atoms with Crippen molar-refractivity contribution in [1.82, 2.24) is 25.8 Å². The van der Waals surface area contributed by atoms with Gasteiger partial charge >= 0.3 is 6.03 Å². The number of carbonyl (C=O) groups excluding carboxylic acids is 2. The topological polar surface area (TPSA) is 76.7 Å². The van der Waals surface area contributed by atoms with Crippen LogP contribution in [0, 0.1) is 5.41 Å². The summed E-state index contributed by atoms with van der Waals surface area (Å²) in [5.41, 5.74) is 2.31. The molecule has 2 atom stereocenters. The lowest BCUT2D eigenvalue weighted by atomic mass is 9.74. The largest absolute Gasteiger partial charge is 0.340 e. The molecule has 0 spiro atoms. The van der Waals surface area contributed by atoms with Crippen LogP contribution in [0.3, 0.4) is 0 Å². The first-order valence-electron chi connectivity index (χ1n) is 14.8. The van der Waals surface area contributed by atoms with Crippen LogP contribution in [0.2, 0.25) is 0 Å². The van der Waals surface area contributed by atoms with E-state index >= 15 is 0 Å². The minimum absolute atomic E-state index is 0.0188. The molecule has 0 radical (unpaired) electrons. The Balaban J connectivity index is 1.38. The summed E-state index contributed by atoms with van der Waals surface area (Å²) in [7, 11) is 0. The van der Waals surface area contributed by atoms with Crippen molar-refractivity contribution < 1.29 is 9.59 Å². The lowest BCUT2D eigenvalue weighted by Crippen LogP contribution is -2.59. The normalized spacial score (nSPS) is 20.3. The average molecular weight is 542 g/mol. The molecule has 0 aromatic heterocycles. The second kappa shape index (κ2) is 13.3. The van der Waals surface area contributed by atoms with Crippen molar-refractivity contribution in [2.75, 3.05) is 52.4 Å². The number of hydrogen-bond acceptors (Lipinski definition) is 4. The Morgan fingerprint density at radius 2 is 1.65 bits per heavy atom. The van der Waals surface area contributed by atoms with Gasteiger partial charge < -0.3 is 25.8 Å². The molecule has 2 aliphatic heterocycles. The third kappa shape index (κ3) is 7.01. The highest BCUT2D eigenvalue weighted by atomic mass is 16.2. The first-order chi connectivity index (χ1) is 19.5. The third-order valence-electron chi connectivity index (χ3n) is 8.40. The van der Waals surface area contributed by atoms with Crippen molar-refractivity contribution in [3.05, 3.63) is 83.9 Å². The van der Waals surface area contributed by atoms with E-state index in [1.165, 1.54) is 10.9 Å². The molecule has 2 saturated heterocycles. The molecule has 0 bridgehead atoms. The van der Waals surface area contributed by atoms with Gasteiger partial charge in [0.15, 0.2) is 0 Å². The highest BCUT2D eigenvalue weighted by Gasteiger charge is 2.39. The maximum atomic E-state index is 14.3. The van der Waals surface area contributed by atoms with Crippen LogP contribution in [0.15, 0.2) is 72.8 Å². The molecule has 1 unspecified atom stereocenters. The van der Waals surface area contributed by atoms with Gasteiger partial charge in [-0.25, -0.2) is 4.79 Å². The van der Waals surface area contributed by atoms with Crippen molar-refractivity contribution in [2.24, 2.45) is 5.41 Å². The Bertz CT molecular complexity index is 1280. The summed E-state index contributed by atoms with van der Waals surface area (Å²) >= 11 is 0. The number of rotatable bonds is 9. The Hall–Kier alpha value is -3.42. The van der Waals surface area contributed by atoms with Gasteiger partial charge in [0.1, 0.15) is 6.04 Å². The van der Waals surface area contributed by atoms with Crippen molar-refractivity contribution >= 4 is 22.7 Å². The number of piperidine rings is 1. The van der Waals surface area contributed by atoms with Crippen LogP contribution in [0.5, 0.6) is 0 Å². The molecule has 7 heteroatoms. The van der Waals surface area contributed by atoms with E-state index in [9.17, 15) is 9.59 Å². The Labute approximate surface area is 238 Å². The predicted molar refractivity (Wildman–Crippen MR) is 161 cm³/mol. The Morgan fingerprint density at radius 1 is 0.900 bits per heavy atom. The van der Waals surface area contributed by atoms with Crippen LogP contribution < -0.4 is 16.0 Å². The van der Waals surface area contributed by atoms with Gasteiger partial charge in [-0.2, -0.15) is 0 Å². The zero-order valence-electron chi connectivity index (χ0n) is 23.7. The number of nitrogens with one attached hydrogen (secondary N) is 3. The fourth-order valence-electron chi connectivity index (χ4n) is 6.30. The second-order valence-electron chi connectivity index (χ2n) is 11.4. The smallest absolute Gasteiger partial charge is 0.318 e. The zero-order chi connectivity index (χ0) is 27.8. The fourth-order valence-corrected chi connectivity index (χ4v) is 6.30. The van der Waals surface area contributed by atoms with Crippen LogP contribution in [0.4, 0.5) is 4.79 Å². The third-order valence-corrected chi connectivity index (χ3v) is 8.40. The van der Waals surface area contributed by atoms with Gasteiger partial charge in [0.25, 0.3) is 0 Å². The summed E-state index contributed by atoms with van der Waals surface area (Å²) in [5, 5.41) is 12.3. The molecule has 212 valence electrons. The summed E-state index contributed by atoms with van der Waals surface area (Å²) in [6.07, 6.45) is 3.42. The van der Waals surface area contributed by atoms with E-state index in [1.54, 1.807) is 0 Å². The Kier molecular flexibility index (Phi) is 9.34. The van der Waals surface area contributed by atoms with Gasteiger partial charge in [0.05, 0.1) is 0 Å². The number of carbonyl (C=O) groups is 2. The summed E-state index contributed by atoms with van der Waals surface area (Å²) in [5.74, 6) is 0.0188. The van der Waals surface area contributed by atoms with Crippen molar-refractivity contribution in [3.63, 3.8) is 0 Å². The van der Waals surface area contributed by atoms with Crippen LogP contribution in [0.25, 0.3) is 10.8 Å². The molecule has 5 rings (SSSR count). The SMILES string of the molecule is CCNC[C@]1(Cc2ccccc2)CCCN(C(=O)C(Cc2ccc3ccccc3c2)NC(=O)N2CCNCC2)C1. The Morgan fingerprint density at radius 3 is 2.42 bits per heavy atom. The lowest BCUT2D eigenvalue weighted by molar-refractivity contribution is -0.136. The monoisotopic (exact) mass is 541 g/mol. The number of nitrogens with zero attached hydrogens (tertiary/aromatic N) is 2. The highest BCUT2D eigenvalue weighted by Crippen LogP contribution is 2.34. The van der Waals surface area contributed by atoms with Crippen LogP contribution in [-0.2, 0) is 17.6 Å². The van der Waals surface area contributed by atoms with Crippen molar-refractivity contribution in [2.45, 2.75) is 38.6 Å². The van der Waals surface area contributed by atoms with Crippen LogP contribution in [-0.4, -0.2) is 80.1 Å². The highest BCUT2D eigenvalue weighted by molar-refractivity contribution is 5.88. The van der Waals surface area contributed by atoms with Crippen molar-refractivity contribution in [3.8, 4) is 0 Å². The number of likely N-dealkylation sites (tertiary alicyclic amines) is 1. The number of urea groups is 1. The molecule has 3 aromatic rings. The quantitative estimate of drug-likeness (QED) is 0.385. The molecule has 3 N–H and O–H groups in total. The lowest BCUT2D eigenvalue weighted by Gasteiger charge is -2.44. The van der Waals surface area contributed by atoms with Crippen molar-refractivity contribution in [1.29, 1.82) is 0 Å². The molecule has 2 heterocycles. The minimum atomic E-state index is -0.616. The van der Waals surface area contributed by atoms with E-state index in [0.29, 0.717) is 26.1 Å². The first kappa shape index (κ1) is 28.1. The summed E-state index contributed by atoms with van der Waals surface area (Å²) in [6.45, 7) is 8.15. The molecule has 7 nitrogen and oxygen atoms in total. The summed E-state index contributed by atoms with van der Waals surface area (Å²) in [4.78, 5) is 31.4. The molecular formula is C33H43N5O2. The second-order valence-corrected chi connectivity index (χ2v) is 11.4. The van der Waals surface area contributed by atoms with Gasteiger partial charge in [-0.3, -0.25) is 4.79 Å². The molecule has 3 amide bonds. The van der Waals surface area contributed by atoms with Gasteiger partial charge in [-0.15, -0.1) is 0 Å². The number of amides is 3. The molecule has 2 fully saturated rings. The molecule has 3 aromatic carbocycles. The number of benzene rings is 3.